The highest BCUT2D eigenvalue weighted by Gasteiger charge is 2.46. The van der Waals surface area contributed by atoms with Crippen molar-refractivity contribution in [3.63, 3.8) is 0 Å². The summed E-state index contributed by atoms with van der Waals surface area (Å²) in [6.45, 7) is 1.46. The van der Waals surface area contributed by atoms with Crippen LogP contribution >= 0.6 is 0 Å². The predicted octanol–water partition coefficient (Wildman–Crippen LogP) is 2.71. The summed E-state index contributed by atoms with van der Waals surface area (Å²) in [6.07, 6.45) is 1.68. The third-order valence-corrected chi connectivity index (χ3v) is 6.03. The van der Waals surface area contributed by atoms with Crippen LogP contribution in [0.4, 0.5) is 0 Å². The molecule has 1 atom stereocenters. The van der Waals surface area contributed by atoms with E-state index in [1.54, 1.807) is 30.3 Å². The number of phenols is 1. The molecule has 4 rings (SSSR count). The number of fused-ring (bicyclic) bond motifs is 1. The van der Waals surface area contributed by atoms with E-state index >= 15 is 0 Å². The van der Waals surface area contributed by atoms with Gasteiger partial charge in [-0.2, -0.15) is 0 Å². The van der Waals surface area contributed by atoms with Crippen molar-refractivity contribution in [2.75, 3.05) is 40.9 Å². The highest BCUT2D eigenvalue weighted by molar-refractivity contribution is 6.46. The molecule has 2 N–H and O–H groups in total. The molecule has 2 heterocycles. The molecule has 2 aromatic carbocycles. The number of aliphatic hydroxyl groups excluding tert-OH is 1. The van der Waals surface area contributed by atoms with E-state index in [-0.39, 0.29) is 29.4 Å². The topological polar surface area (TPSA) is 99.5 Å². The lowest BCUT2D eigenvalue weighted by Crippen LogP contribution is -2.35. The van der Waals surface area contributed by atoms with E-state index in [0.717, 1.165) is 24.2 Å². The first-order valence-corrected chi connectivity index (χ1v) is 10.9. The number of hydrogen-bond donors (Lipinski definition) is 2. The van der Waals surface area contributed by atoms with E-state index in [1.165, 1.54) is 18.1 Å². The van der Waals surface area contributed by atoms with Crippen molar-refractivity contribution in [1.29, 1.82) is 0 Å². The van der Waals surface area contributed by atoms with E-state index in [2.05, 4.69) is 0 Å². The Bertz CT molecular complexity index is 1120. The zero-order valence-corrected chi connectivity index (χ0v) is 19.0. The number of aliphatic hydroxyl groups is 1. The van der Waals surface area contributed by atoms with Gasteiger partial charge >= 0.3 is 0 Å². The van der Waals surface area contributed by atoms with Crippen molar-refractivity contribution in [1.82, 2.24) is 9.80 Å². The Balaban J connectivity index is 1.84. The monoisotopic (exact) mass is 452 g/mol. The van der Waals surface area contributed by atoms with Crippen LogP contribution in [-0.4, -0.2) is 72.6 Å². The van der Waals surface area contributed by atoms with Gasteiger partial charge in [0, 0.05) is 18.7 Å². The van der Waals surface area contributed by atoms with Gasteiger partial charge in [-0.1, -0.05) is 6.07 Å². The fourth-order valence-corrected chi connectivity index (χ4v) is 4.31. The second-order valence-corrected chi connectivity index (χ2v) is 8.50. The maximum absolute atomic E-state index is 13.1. The van der Waals surface area contributed by atoms with Crippen LogP contribution in [0.5, 0.6) is 17.2 Å². The molecule has 2 aliphatic heterocycles. The fraction of sp³-hybridized carbons (Fsp3) is 0.360. The maximum Gasteiger partial charge on any atom is 0.295 e. The summed E-state index contributed by atoms with van der Waals surface area (Å²) in [7, 11) is 5.19. The predicted molar refractivity (Wildman–Crippen MR) is 122 cm³/mol. The third-order valence-electron chi connectivity index (χ3n) is 6.03. The number of benzene rings is 2. The van der Waals surface area contributed by atoms with E-state index in [4.69, 9.17) is 9.47 Å². The summed E-state index contributed by atoms with van der Waals surface area (Å²) in [5.74, 6) is -0.742. The first kappa shape index (κ1) is 22.7. The van der Waals surface area contributed by atoms with Gasteiger partial charge in [0.05, 0.1) is 25.3 Å². The van der Waals surface area contributed by atoms with E-state index in [0.29, 0.717) is 24.3 Å². The molecular formula is C25H28N2O6. The summed E-state index contributed by atoms with van der Waals surface area (Å²) in [5, 5.41) is 21.6. The molecule has 0 saturated carbocycles. The number of likely N-dealkylation sites (N-methyl/N-ethyl adjacent to an activating group) is 1. The van der Waals surface area contributed by atoms with Crippen LogP contribution in [0.2, 0.25) is 0 Å². The minimum Gasteiger partial charge on any atom is -0.507 e. The fourth-order valence-electron chi connectivity index (χ4n) is 4.31. The second kappa shape index (κ2) is 9.15. The Labute approximate surface area is 192 Å². The Morgan fingerprint density at radius 1 is 1.21 bits per heavy atom. The number of carbonyl (C=O) groups excluding carboxylic acids is 2. The number of amides is 1. The van der Waals surface area contributed by atoms with Crippen LogP contribution in [0.3, 0.4) is 0 Å². The lowest BCUT2D eigenvalue weighted by Gasteiger charge is -2.27. The maximum atomic E-state index is 13.1. The number of phenolic OH excluding ortho intramolecular Hbond substituents is 1. The molecular weight excluding hydrogens is 424 g/mol. The van der Waals surface area contributed by atoms with Gasteiger partial charge in [-0.15, -0.1) is 0 Å². The van der Waals surface area contributed by atoms with Crippen molar-refractivity contribution >= 4 is 17.4 Å². The quantitative estimate of drug-likeness (QED) is 0.395. The van der Waals surface area contributed by atoms with Crippen molar-refractivity contribution in [2.45, 2.75) is 18.9 Å². The van der Waals surface area contributed by atoms with Crippen LogP contribution in [0.25, 0.3) is 5.76 Å². The first-order valence-electron chi connectivity index (χ1n) is 10.9. The Kier molecular flexibility index (Phi) is 6.29. The standard InChI is InChI=1S/C25H28N2O6/c1-26(2)10-11-27-22(16-6-9-20(32-3)18(28)14-16)21(24(30)25(27)31)23(29)17-7-8-19-15(13-17)5-4-12-33-19/h6-9,13-14,22,28-29H,4-5,10-12H2,1-3H3/b23-21-. The number of methoxy groups -OCH3 is 1. The van der Waals surface area contributed by atoms with Crippen molar-refractivity contribution in [3.05, 3.63) is 58.7 Å². The van der Waals surface area contributed by atoms with Gasteiger partial charge in [0.1, 0.15) is 11.5 Å². The van der Waals surface area contributed by atoms with Gasteiger partial charge in [0.2, 0.25) is 0 Å². The Morgan fingerprint density at radius 3 is 2.70 bits per heavy atom. The van der Waals surface area contributed by atoms with E-state index in [9.17, 15) is 19.8 Å². The number of rotatable bonds is 6. The van der Waals surface area contributed by atoms with Crippen LogP contribution in [-0.2, 0) is 16.0 Å². The van der Waals surface area contributed by atoms with Gasteiger partial charge in [-0.05, 0) is 68.4 Å². The number of likely N-dealkylation sites (tertiary alicyclic amines) is 1. The minimum atomic E-state index is -0.839. The molecule has 1 saturated heterocycles. The van der Waals surface area contributed by atoms with Crippen LogP contribution in [0.1, 0.15) is 29.2 Å². The average molecular weight is 453 g/mol. The Hall–Kier alpha value is -3.52. The molecule has 33 heavy (non-hydrogen) atoms. The number of hydrogen-bond acceptors (Lipinski definition) is 7. The molecule has 2 aromatic rings. The number of ether oxygens (including phenoxy) is 2. The molecule has 8 heteroatoms. The largest absolute Gasteiger partial charge is 0.507 e. The molecule has 1 amide bonds. The molecule has 174 valence electrons. The molecule has 1 fully saturated rings. The lowest BCUT2D eigenvalue weighted by atomic mass is 9.93. The zero-order chi connectivity index (χ0) is 23.7. The molecule has 0 radical (unpaired) electrons. The number of nitrogens with zero attached hydrogens (tertiary/aromatic N) is 2. The third kappa shape index (κ3) is 4.26. The lowest BCUT2D eigenvalue weighted by molar-refractivity contribution is -0.140. The van der Waals surface area contributed by atoms with Crippen molar-refractivity contribution < 1.29 is 29.3 Å². The van der Waals surface area contributed by atoms with E-state index < -0.39 is 17.7 Å². The molecule has 0 aromatic heterocycles. The van der Waals surface area contributed by atoms with Crippen molar-refractivity contribution in [2.24, 2.45) is 0 Å². The van der Waals surface area contributed by atoms with Crippen LogP contribution in [0, 0.1) is 0 Å². The van der Waals surface area contributed by atoms with Crippen molar-refractivity contribution in [3.8, 4) is 17.2 Å². The zero-order valence-electron chi connectivity index (χ0n) is 19.0. The first-order chi connectivity index (χ1) is 15.8. The van der Waals surface area contributed by atoms with Gasteiger partial charge in [-0.3, -0.25) is 9.59 Å². The van der Waals surface area contributed by atoms with Gasteiger partial charge < -0.3 is 29.5 Å². The summed E-state index contributed by atoms with van der Waals surface area (Å²) in [5.41, 5.74) is 1.91. The molecule has 2 aliphatic rings. The van der Waals surface area contributed by atoms with Gasteiger partial charge in [0.15, 0.2) is 11.5 Å². The molecule has 1 unspecified atom stereocenters. The van der Waals surface area contributed by atoms with Crippen LogP contribution < -0.4 is 9.47 Å². The SMILES string of the molecule is COc1ccc(C2/C(=C(/O)c3ccc4c(c3)CCCO4)C(=O)C(=O)N2CCN(C)C)cc1O. The number of aromatic hydroxyl groups is 1. The highest BCUT2D eigenvalue weighted by atomic mass is 16.5. The molecule has 8 nitrogen and oxygen atoms in total. The average Bonchev–Trinajstić information content (AvgIpc) is 3.06. The molecule has 0 spiro atoms. The highest BCUT2D eigenvalue weighted by Crippen LogP contribution is 2.42. The van der Waals surface area contributed by atoms with E-state index in [1.807, 2.05) is 19.0 Å². The number of carbonyl (C=O) groups is 2. The second-order valence-electron chi connectivity index (χ2n) is 8.50. The number of Topliss-reactive ketones (excluding diaryl/α,β-unsaturated/α-hetero) is 1. The summed E-state index contributed by atoms with van der Waals surface area (Å²) >= 11 is 0. The normalized spacial score (nSPS) is 19.5. The number of aryl methyl sites for hydroxylation is 1. The molecule has 0 bridgehead atoms. The summed E-state index contributed by atoms with van der Waals surface area (Å²) < 4.78 is 10.8. The Morgan fingerprint density at radius 2 is 2.00 bits per heavy atom. The molecule has 0 aliphatic carbocycles. The minimum absolute atomic E-state index is 0.000000709. The van der Waals surface area contributed by atoms with Crippen LogP contribution in [0.15, 0.2) is 42.0 Å². The van der Waals surface area contributed by atoms with Gasteiger partial charge in [0.25, 0.3) is 11.7 Å². The summed E-state index contributed by atoms with van der Waals surface area (Å²) in [6, 6.07) is 9.16. The van der Waals surface area contributed by atoms with Gasteiger partial charge in [-0.25, -0.2) is 0 Å². The number of ketones is 1. The summed E-state index contributed by atoms with van der Waals surface area (Å²) in [4.78, 5) is 29.5. The smallest absolute Gasteiger partial charge is 0.295 e.